The minimum Gasteiger partial charge on any atom is -0.394 e. The molecule has 1 spiro atoms. The summed E-state index contributed by atoms with van der Waals surface area (Å²) in [6.07, 6.45) is -34.7. The van der Waals surface area contributed by atoms with Crippen molar-refractivity contribution in [2.75, 3.05) is 39.6 Å². The zero-order valence-electron chi connectivity index (χ0n) is 46.7. The van der Waals surface area contributed by atoms with Crippen molar-refractivity contribution in [3.63, 3.8) is 0 Å². The van der Waals surface area contributed by atoms with Crippen molar-refractivity contribution in [3.8, 4) is 0 Å². The quantitative estimate of drug-likeness (QED) is 0.0772. The maximum absolute atomic E-state index is 14.8. The van der Waals surface area contributed by atoms with Crippen molar-refractivity contribution in [1.82, 2.24) is 0 Å². The Hall–Kier alpha value is -1.37. The first-order chi connectivity index (χ1) is 39.0. The summed E-state index contributed by atoms with van der Waals surface area (Å²) in [6, 6.07) is 0. The van der Waals surface area contributed by atoms with Crippen LogP contribution in [0.2, 0.25) is 0 Å². The summed E-state index contributed by atoms with van der Waals surface area (Å²) in [5.41, 5.74) is -0.721. The zero-order chi connectivity index (χ0) is 58.6. The minimum absolute atomic E-state index is 0.0419. The molecule has 27 nitrogen and oxygen atoms in total. The van der Waals surface area contributed by atoms with Crippen LogP contribution in [0.4, 0.5) is 0 Å². The monoisotopic (exact) mass is 1180 g/mol. The lowest BCUT2D eigenvalue weighted by Crippen LogP contribution is -2.68. The van der Waals surface area contributed by atoms with E-state index in [4.69, 9.17) is 56.8 Å². The number of ketones is 1. The summed E-state index contributed by atoms with van der Waals surface area (Å²) in [5, 5.41) is 153. The van der Waals surface area contributed by atoms with Crippen molar-refractivity contribution in [3.05, 3.63) is 0 Å². The van der Waals surface area contributed by atoms with Gasteiger partial charge in [-0.15, -0.1) is 0 Å². The predicted octanol–water partition coefficient (Wildman–Crippen LogP) is -4.63. The van der Waals surface area contributed by atoms with Crippen molar-refractivity contribution in [1.29, 1.82) is 0 Å². The smallest absolute Gasteiger partial charge is 0.187 e. The molecule has 0 aromatic heterocycles. The third-order valence-electron chi connectivity index (χ3n) is 21.6. The van der Waals surface area contributed by atoms with Gasteiger partial charge in [0.1, 0.15) is 116 Å². The summed E-state index contributed by atoms with van der Waals surface area (Å²) in [4.78, 5) is 14.8. The van der Waals surface area contributed by atoms with E-state index in [9.17, 15) is 76.3 Å². The van der Waals surface area contributed by atoms with Crippen LogP contribution in [0.1, 0.15) is 85.5 Å². The zero-order valence-corrected chi connectivity index (χ0v) is 46.7. The van der Waals surface area contributed by atoms with E-state index in [-0.39, 0.29) is 41.1 Å². The Morgan fingerprint density at radius 3 is 1.61 bits per heavy atom. The second kappa shape index (κ2) is 24.2. The van der Waals surface area contributed by atoms with Gasteiger partial charge in [-0.3, -0.25) is 4.79 Å². The fraction of sp³-hybridized carbons (Fsp3) is 0.982. The topological polar surface area (TPSA) is 411 Å². The number of carbonyl (C=O) groups is 1. The minimum atomic E-state index is -2.12. The maximum atomic E-state index is 14.8. The largest absolute Gasteiger partial charge is 0.394 e. The Morgan fingerprint density at radius 1 is 0.524 bits per heavy atom. The highest BCUT2D eigenvalue weighted by Gasteiger charge is 2.72. The molecule has 0 aromatic rings. The molecule has 27 heteroatoms. The van der Waals surface area contributed by atoms with Crippen LogP contribution < -0.4 is 0 Å². The van der Waals surface area contributed by atoms with Crippen LogP contribution >= 0.6 is 0 Å². The molecular weight excluding hydrogens is 1090 g/mol. The van der Waals surface area contributed by atoms with E-state index in [0.29, 0.717) is 49.9 Å². The molecule has 0 bridgehead atoms. The molecule has 0 radical (unpaired) electrons. The number of carbonyl (C=O) groups excluding carboxylic acids is 1. The van der Waals surface area contributed by atoms with Crippen molar-refractivity contribution in [2.45, 2.75) is 245 Å². The van der Waals surface area contributed by atoms with Gasteiger partial charge in [-0.25, -0.2) is 0 Å². The lowest BCUT2D eigenvalue weighted by atomic mass is 9.44. The van der Waals surface area contributed by atoms with Crippen LogP contribution in [0.3, 0.4) is 0 Å². The van der Waals surface area contributed by atoms with E-state index in [1.165, 1.54) is 0 Å². The van der Waals surface area contributed by atoms with E-state index in [0.717, 1.165) is 32.1 Å². The molecule has 4 aliphatic carbocycles. The summed E-state index contributed by atoms with van der Waals surface area (Å²) in [5.74, 6) is 1.08. The van der Waals surface area contributed by atoms with Crippen LogP contribution in [-0.4, -0.2) is 276 Å². The van der Waals surface area contributed by atoms with E-state index in [2.05, 4.69) is 27.7 Å². The number of fused-ring (bicyclic) bond motifs is 7. The van der Waals surface area contributed by atoms with Gasteiger partial charge >= 0.3 is 0 Å². The third-order valence-corrected chi connectivity index (χ3v) is 21.6. The predicted molar refractivity (Wildman–Crippen MR) is 269 cm³/mol. The molecule has 7 heterocycles. The molecule has 0 aromatic carbocycles. The Kier molecular flexibility index (Phi) is 18.4. The van der Waals surface area contributed by atoms with Gasteiger partial charge in [-0.2, -0.15) is 0 Å². The molecule has 35 unspecified atom stereocenters. The molecule has 470 valence electrons. The van der Waals surface area contributed by atoms with Crippen molar-refractivity contribution < 1.29 is 133 Å². The molecule has 14 N–H and O–H groups in total. The van der Waals surface area contributed by atoms with E-state index in [1.807, 2.05) is 0 Å². The van der Waals surface area contributed by atoms with Gasteiger partial charge in [0.15, 0.2) is 37.2 Å². The summed E-state index contributed by atoms with van der Waals surface area (Å²) in [6.45, 7) is 5.84. The molecule has 0 amide bonds. The molecule has 82 heavy (non-hydrogen) atoms. The molecule has 11 rings (SSSR count). The van der Waals surface area contributed by atoms with Crippen LogP contribution in [-0.2, 0) is 61.6 Å². The number of hydrogen-bond donors (Lipinski definition) is 14. The van der Waals surface area contributed by atoms with Gasteiger partial charge in [0.25, 0.3) is 0 Å². The van der Waals surface area contributed by atoms with E-state index < -0.39 is 192 Å². The van der Waals surface area contributed by atoms with Crippen LogP contribution in [0.25, 0.3) is 0 Å². The van der Waals surface area contributed by atoms with Crippen molar-refractivity contribution in [2.24, 2.45) is 52.3 Å². The lowest BCUT2D eigenvalue weighted by molar-refractivity contribution is -0.398. The van der Waals surface area contributed by atoms with Crippen molar-refractivity contribution >= 4 is 5.78 Å². The number of Topliss-reactive ketones (excluding diaryl/α,β-unsaturated/α-hetero) is 1. The standard InChI is InChI=1S/C55H88O27/c1-20-7-10-55(73-17-20)21(2)34-29(82-55)12-26-24-6-5-22-11-23(8-9-53(22,3)25(24)13-33(61)54(26,34)4)74-50-43(70)47(81-49-40(67)36(63)28(60)19-72-49)44(32(16-58)77-50)78-51-42(69)46(38(65)31(15-57)75-51)80-52-41(68)45(37(64)30(14-56)76-52)79-48-39(66)35(62)27(59)18-71-48/h20-32,34-52,56-60,62-70H,5-19H2,1-4H3. The Morgan fingerprint density at radius 2 is 1.05 bits per heavy atom. The van der Waals surface area contributed by atoms with Gasteiger partial charge in [0.2, 0.25) is 0 Å². The number of aliphatic hydroxyl groups is 14. The normalized spacial score (nSPS) is 57.0. The van der Waals surface area contributed by atoms with E-state index >= 15 is 0 Å². The first kappa shape index (κ1) is 62.2. The fourth-order valence-electron chi connectivity index (χ4n) is 16.8. The molecular formula is C55H88O27. The first-order valence-corrected chi connectivity index (χ1v) is 29.6. The Labute approximate surface area is 474 Å². The number of aliphatic hydroxyl groups excluding tert-OH is 14. The van der Waals surface area contributed by atoms with Gasteiger partial charge in [0.05, 0.1) is 51.8 Å². The van der Waals surface area contributed by atoms with E-state index in [1.54, 1.807) is 0 Å². The Balaban J connectivity index is 0.786. The van der Waals surface area contributed by atoms with Crippen LogP contribution in [0, 0.1) is 52.3 Å². The average molecular weight is 1180 g/mol. The third kappa shape index (κ3) is 10.7. The number of ether oxygens (including phenoxy) is 12. The molecule has 35 atom stereocenters. The molecule has 4 saturated carbocycles. The summed E-state index contributed by atoms with van der Waals surface area (Å²) < 4.78 is 72.7. The molecule has 11 aliphatic rings. The Bertz CT molecular complexity index is 2180. The number of rotatable bonds is 13. The van der Waals surface area contributed by atoms with Crippen LogP contribution in [0.5, 0.6) is 0 Å². The molecule has 7 aliphatic heterocycles. The average Bonchev–Trinajstić information content (AvgIpc) is 1.67. The van der Waals surface area contributed by atoms with Gasteiger partial charge in [0, 0.05) is 30.1 Å². The van der Waals surface area contributed by atoms with Crippen LogP contribution in [0.15, 0.2) is 0 Å². The summed E-state index contributed by atoms with van der Waals surface area (Å²) >= 11 is 0. The lowest BCUT2D eigenvalue weighted by Gasteiger charge is -2.60. The highest BCUT2D eigenvalue weighted by molar-refractivity contribution is 5.87. The molecule has 7 saturated heterocycles. The first-order valence-electron chi connectivity index (χ1n) is 29.6. The van der Waals surface area contributed by atoms with Gasteiger partial charge < -0.3 is 128 Å². The van der Waals surface area contributed by atoms with Gasteiger partial charge in [-0.1, -0.05) is 27.7 Å². The second-order valence-corrected chi connectivity index (χ2v) is 26.1. The fourth-order valence-corrected chi connectivity index (χ4v) is 16.8. The maximum Gasteiger partial charge on any atom is 0.187 e. The second-order valence-electron chi connectivity index (χ2n) is 26.1. The SMILES string of the molecule is CC1CCC2(OC1)OC1CC3C4CCC5CC(OC6OC(CO)C(OC7OC(CO)C(O)C(OC8OC(CO)C(O)C(OC9OCC(O)C(O)C9O)C8O)C7O)C(OC7OCC(O)C(O)C7O)C6O)CCC5(C)C4CC(=O)C3(C)C1C2C. The summed E-state index contributed by atoms with van der Waals surface area (Å²) in [7, 11) is 0. The van der Waals surface area contributed by atoms with Gasteiger partial charge in [-0.05, 0) is 80.0 Å². The highest BCUT2D eigenvalue weighted by Crippen LogP contribution is 2.70. The molecule has 11 fully saturated rings. The number of hydrogen-bond acceptors (Lipinski definition) is 27. The highest BCUT2D eigenvalue weighted by atomic mass is 16.8.